The summed E-state index contributed by atoms with van der Waals surface area (Å²) < 4.78 is 41.9. The maximum atomic E-state index is 13.4. The molecule has 2 aromatic carbocycles. The van der Waals surface area contributed by atoms with Crippen LogP contribution in [-0.2, 0) is 11.0 Å². The summed E-state index contributed by atoms with van der Waals surface area (Å²) in [7, 11) is 0. The van der Waals surface area contributed by atoms with Crippen molar-refractivity contribution in [2.45, 2.75) is 25.4 Å². The molecule has 7 heteroatoms. The topological polar surface area (TPSA) is 38.1 Å². The van der Waals surface area contributed by atoms with Gasteiger partial charge in [0.15, 0.2) is 0 Å². The normalized spacial score (nSPS) is 15.3. The number of amides is 1. The van der Waals surface area contributed by atoms with Gasteiger partial charge in [0.1, 0.15) is 6.33 Å². The second-order valence-electron chi connectivity index (χ2n) is 7.10. The fourth-order valence-electron chi connectivity index (χ4n) is 3.64. The van der Waals surface area contributed by atoms with Crippen molar-refractivity contribution >= 4 is 23.0 Å². The Hall–Kier alpha value is -3.09. The van der Waals surface area contributed by atoms with Gasteiger partial charge in [-0.2, -0.15) is 13.2 Å². The molecule has 0 unspecified atom stereocenters. The van der Waals surface area contributed by atoms with E-state index in [0.717, 1.165) is 37.1 Å². The quantitative estimate of drug-likeness (QED) is 0.577. The van der Waals surface area contributed by atoms with Crippen molar-refractivity contribution in [1.82, 2.24) is 14.5 Å². The molecule has 1 aliphatic heterocycles. The summed E-state index contributed by atoms with van der Waals surface area (Å²) in [6.07, 6.45) is 2.84. The van der Waals surface area contributed by atoms with E-state index in [9.17, 15) is 18.0 Å². The van der Waals surface area contributed by atoms with E-state index in [1.54, 1.807) is 9.47 Å². The van der Waals surface area contributed by atoms with Crippen LogP contribution >= 0.6 is 0 Å². The molecule has 1 aliphatic rings. The van der Waals surface area contributed by atoms with Gasteiger partial charge >= 0.3 is 6.18 Å². The van der Waals surface area contributed by atoms with Gasteiger partial charge in [-0.05, 0) is 49.6 Å². The molecular weight excluding hydrogens is 379 g/mol. The summed E-state index contributed by atoms with van der Waals surface area (Å²) in [4.78, 5) is 18.4. The maximum Gasteiger partial charge on any atom is 0.416 e. The molecule has 3 aromatic rings. The smallest absolute Gasteiger partial charge is 0.339 e. The van der Waals surface area contributed by atoms with Gasteiger partial charge in [-0.15, -0.1) is 0 Å². The van der Waals surface area contributed by atoms with Gasteiger partial charge < -0.3 is 4.90 Å². The van der Waals surface area contributed by atoms with Gasteiger partial charge in [-0.1, -0.05) is 18.2 Å². The lowest BCUT2D eigenvalue weighted by atomic mass is 10.1. The van der Waals surface area contributed by atoms with Crippen LogP contribution in [0.15, 0.2) is 54.9 Å². The summed E-state index contributed by atoms with van der Waals surface area (Å²) in [5, 5.41) is 0. The van der Waals surface area contributed by atoms with E-state index in [2.05, 4.69) is 4.98 Å². The number of para-hydroxylation sites is 1. The van der Waals surface area contributed by atoms with E-state index in [1.807, 2.05) is 30.3 Å². The van der Waals surface area contributed by atoms with Crippen LogP contribution in [0.25, 0.3) is 22.8 Å². The number of rotatable bonds is 3. The minimum Gasteiger partial charge on any atom is -0.339 e. The fraction of sp³-hybridized carbons (Fsp3) is 0.273. The van der Waals surface area contributed by atoms with E-state index < -0.39 is 11.7 Å². The zero-order chi connectivity index (χ0) is 20.4. The number of carbonyl (C=O) groups is 1. The minimum absolute atomic E-state index is 0.180. The van der Waals surface area contributed by atoms with E-state index in [0.29, 0.717) is 24.2 Å². The first-order valence-corrected chi connectivity index (χ1v) is 9.54. The number of nitrogens with zero attached hydrogens (tertiary/aromatic N) is 3. The number of piperidine rings is 1. The summed E-state index contributed by atoms with van der Waals surface area (Å²) >= 11 is 0. The Morgan fingerprint density at radius 2 is 1.76 bits per heavy atom. The van der Waals surface area contributed by atoms with Crippen molar-refractivity contribution in [3.05, 3.63) is 66.0 Å². The Kier molecular flexibility index (Phi) is 5.13. The third kappa shape index (κ3) is 4.04. The first-order valence-electron chi connectivity index (χ1n) is 9.54. The zero-order valence-corrected chi connectivity index (χ0v) is 15.7. The second kappa shape index (κ2) is 7.73. The van der Waals surface area contributed by atoms with E-state index in [4.69, 9.17) is 0 Å². The highest BCUT2D eigenvalue weighted by Crippen LogP contribution is 2.34. The molecule has 2 heterocycles. The molecule has 1 saturated heterocycles. The molecule has 1 fully saturated rings. The first kappa shape index (κ1) is 19.2. The lowest BCUT2D eigenvalue weighted by molar-refractivity contribution is -0.137. The molecule has 0 atom stereocenters. The highest BCUT2D eigenvalue weighted by molar-refractivity contribution is 5.95. The summed E-state index contributed by atoms with van der Waals surface area (Å²) in [6, 6.07) is 11.4. The van der Waals surface area contributed by atoms with Crippen molar-refractivity contribution in [1.29, 1.82) is 0 Å². The van der Waals surface area contributed by atoms with Crippen LogP contribution in [0.5, 0.6) is 0 Å². The molecule has 1 amide bonds. The first-order chi connectivity index (χ1) is 13.9. The summed E-state index contributed by atoms with van der Waals surface area (Å²) in [5.41, 5.74) is 1.07. The van der Waals surface area contributed by atoms with Gasteiger partial charge in [-0.3, -0.25) is 9.36 Å². The predicted octanol–water partition coefficient (Wildman–Crippen LogP) is 5.07. The lowest BCUT2D eigenvalue weighted by Gasteiger charge is -2.25. The predicted molar refractivity (Wildman–Crippen MR) is 106 cm³/mol. The molecule has 0 spiro atoms. The van der Waals surface area contributed by atoms with Gasteiger partial charge in [-0.25, -0.2) is 4.98 Å². The molecule has 0 N–H and O–H groups in total. The number of aromatic nitrogens is 2. The standard InChI is InChI=1S/C22H20F3N3O/c23-22(24,25)17-13-16(9-10-20(29)27-11-5-2-6-12-27)21-19(14-17)26-15-28(21)18-7-3-1-4-8-18/h1,3-4,7-10,13-15H,2,5-6,11-12H2/b10-9+. The lowest BCUT2D eigenvalue weighted by Crippen LogP contribution is -2.34. The Labute approximate surface area is 166 Å². The van der Waals surface area contributed by atoms with E-state index in [1.165, 1.54) is 18.5 Å². The van der Waals surface area contributed by atoms with Crippen LogP contribution in [0, 0.1) is 0 Å². The van der Waals surface area contributed by atoms with Crippen LogP contribution < -0.4 is 0 Å². The Bertz CT molecular complexity index is 1050. The molecular formula is C22H20F3N3O. The van der Waals surface area contributed by atoms with Crippen molar-refractivity contribution in [2.24, 2.45) is 0 Å². The van der Waals surface area contributed by atoms with Crippen molar-refractivity contribution < 1.29 is 18.0 Å². The summed E-state index contributed by atoms with van der Waals surface area (Å²) in [6.45, 7) is 1.37. The third-order valence-electron chi connectivity index (χ3n) is 5.11. The van der Waals surface area contributed by atoms with Gasteiger partial charge in [0, 0.05) is 30.4 Å². The molecule has 4 nitrogen and oxygen atoms in total. The Morgan fingerprint density at radius 3 is 2.45 bits per heavy atom. The molecule has 0 radical (unpaired) electrons. The number of hydrogen-bond acceptors (Lipinski definition) is 2. The molecule has 0 aliphatic carbocycles. The van der Waals surface area contributed by atoms with Crippen molar-refractivity contribution in [3.63, 3.8) is 0 Å². The number of alkyl halides is 3. The molecule has 4 rings (SSSR count). The highest BCUT2D eigenvalue weighted by Gasteiger charge is 2.32. The van der Waals surface area contributed by atoms with Crippen LogP contribution in [0.4, 0.5) is 13.2 Å². The van der Waals surface area contributed by atoms with E-state index in [-0.39, 0.29) is 11.4 Å². The fourth-order valence-corrected chi connectivity index (χ4v) is 3.64. The largest absolute Gasteiger partial charge is 0.416 e. The molecule has 0 bridgehead atoms. The van der Waals surface area contributed by atoms with Gasteiger partial charge in [0.2, 0.25) is 5.91 Å². The Balaban J connectivity index is 1.80. The SMILES string of the molecule is O=C(/C=C/c1cc(C(F)(F)F)cc2ncn(-c3ccccc3)c12)N1CCCCC1. The molecule has 0 saturated carbocycles. The van der Waals surface area contributed by atoms with Crippen LogP contribution in [0.1, 0.15) is 30.4 Å². The maximum absolute atomic E-state index is 13.4. The van der Waals surface area contributed by atoms with E-state index >= 15 is 0 Å². The average molecular weight is 399 g/mol. The number of fused-ring (bicyclic) bond motifs is 1. The number of likely N-dealkylation sites (tertiary alicyclic amines) is 1. The zero-order valence-electron chi connectivity index (χ0n) is 15.7. The minimum atomic E-state index is -4.50. The summed E-state index contributed by atoms with van der Waals surface area (Å²) in [5.74, 6) is -0.180. The number of halogens is 3. The van der Waals surface area contributed by atoms with Crippen LogP contribution in [-0.4, -0.2) is 33.4 Å². The number of imidazole rings is 1. The van der Waals surface area contributed by atoms with Gasteiger partial charge in [0.25, 0.3) is 0 Å². The third-order valence-corrected chi connectivity index (χ3v) is 5.11. The second-order valence-corrected chi connectivity index (χ2v) is 7.10. The molecule has 150 valence electrons. The Morgan fingerprint density at radius 1 is 1.03 bits per heavy atom. The number of benzene rings is 2. The molecule has 1 aromatic heterocycles. The van der Waals surface area contributed by atoms with Crippen molar-refractivity contribution in [3.8, 4) is 5.69 Å². The highest BCUT2D eigenvalue weighted by atomic mass is 19.4. The van der Waals surface area contributed by atoms with Crippen LogP contribution in [0.3, 0.4) is 0 Å². The van der Waals surface area contributed by atoms with Gasteiger partial charge in [0.05, 0.1) is 16.6 Å². The molecule has 29 heavy (non-hydrogen) atoms. The monoisotopic (exact) mass is 399 g/mol. The van der Waals surface area contributed by atoms with Crippen molar-refractivity contribution in [2.75, 3.05) is 13.1 Å². The average Bonchev–Trinajstić information content (AvgIpc) is 3.17. The van der Waals surface area contributed by atoms with Crippen LogP contribution in [0.2, 0.25) is 0 Å². The number of hydrogen-bond donors (Lipinski definition) is 0. The number of carbonyl (C=O) groups excluding carboxylic acids is 1.